The van der Waals surface area contributed by atoms with E-state index in [1.54, 1.807) is 6.08 Å². The molecule has 0 saturated heterocycles. The third kappa shape index (κ3) is 3.91. The largest absolute Gasteiger partial charge is 0.479 e. The highest BCUT2D eigenvalue weighted by atomic mass is 16.4. The second-order valence-corrected chi connectivity index (χ2v) is 1.86. The van der Waals surface area contributed by atoms with E-state index in [1.165, 1.54) is 6.20 Å². The number of carbonyl (C=O) groups is 1. The van der Waals surface area contributed by atoms with E-state index in [0.717, 1.165) is 0 Å². The second-order valence-electron chi connectivity index (χ2n) is 1.86. The van der Waals surface area contributed by atoms with Crippen LogP contribution in [-0.2, 0) is 4.79 Å². The molecule has 1 unspecified atom stereocenters. The van der Waals surface area contributed by atoms with Crippen LogP contribution in [-0.4, -0.2) is 22.3 Å². The fourth-order valence-corrected chi connectivity index (χ4v) is 0.474. The molecular weight excluding hydrogens is 134 g/mol. The molecule has 0 fully saturated rings. The maximum Gasteiger partial charge on any atom is 0.332 e. The van der Waals surface area contributed by atoms with Gasteiger partial charge in [-0.25, -0.2) is 4.79 Å². The van der Waals surface area contributed by atoms with Crippen LogP contribution in [0.5, 0.6) is 0 Å². The number of nitrogens with two attached hydrogens (primary N) is 1. The molecule has 0 aromatic heterocycles. The standard InChI is InChI=1S/C6H11NO3/c7-4-2-1-3-5(8)6(9)10/h2,4-5,8H,1,3,7H2,(H,9,10). The van der Waals surface area contributed by atoms with E-state index in [2.05, 4.69) is 0 Å². The Hall–Kier alpha value is -1.03. The average Bonchev–Trinajstić information content (AvgIpc) is 1.88. The first-order valence-electron chi connectivity index (χ1n) is 2.96. The first-order valence-corrected chi connectivity index (χ1v) is 2.96. The summed E-state index contributed by atoms with van der Waals surface area (Å²) in [7, 11) is 0. The van der Waals surface area contributed by atoms with Crippen molar-refractivity contribution in [3.05, 3.63) is 12.3 Å². The number of aliphatic carboxylic acids is 1. The zero-order valence-electron chi connectivity index (χ0n) is 5.53. The summed E-state index contributed by atoms with van der Waals surface area (Å²) >= 11 is 0. The van der Waals surface area contributed by atoms with Crippen molar-refractivity contribution in [2.75, 3.05) is 0 Å². The van der Waals surface area contributed by atoms with Crippen molar-refractivity contribution in [2.45, 2.75) is 18.9 Å². The van der Waals surface area contributed by atoms with Crippen LogP contribution in [0.15, 0.2) is 12.3 Å². The highest BCUT2D eigenvalue weighted by Gasteiger charge is 2.10. The van der Waals surface area contributed by atoms with E-state index in [0.29, 0.717) is 6.42 Å². The smallest absolute Gasteiger partial charge is 0.332 e. The monoisotopic (exact) mass is 145 g/mol. The van der Waals surface area contributed by atoms with Gasteiger partial charge in [-0.15, -0.1) is 0 Å². The van der Waals surface area contributed by atoms with Gasteiger partial charge in [0.25, 0.3) is 0 Å². The van der Waals surface area contributed by atoms with E-state index in [1.807, 2.05) is 0 Å². The molecule has 1 atom stereocenters. The van der Waals surface area contributed by atoms with Gasteiger partial charge in [-0.05, 0) is 19.0 Å². The lowest BCUT2D eigenvalue weighted by atomic mass is 10.2. The molecule has 58 valence electrons. The molecule has 0 bridgehead atoms. The van der Waals surface area contributed by atoms with Crippen LogP contribution in [0.25, 0.3) is 0 Å². The summed E-state index contributed by atoms with van der Waals surface area (Å²) in [6, 6.07) is 0. The van der Waals surface area contributed by atoms with Gasteiger partial charge < -0.3 is 15.9 Å². The van der Waals surface area contributed by atoms with Gasteiger partial charge in [0.05, 0.1) is 0 Å². The van der Waals surface area contributed by atoms with Crippen LogP contribution in [0.1, 0.15) is 12.8 Å². The molecule has 0 amide bonds. The van der Waals surface area contributed by atoms with Gasteiger partial charge in [0, 0.05) is 0 Å². The highest BCUT2D eigenvalue weighted by Crippen LogP contribution is 1.96. The number of allylic oxidation sites excluding steroid dienone is 1. The van der Waals surface area contributed by atoms with Gasteiger partial charge in [0.15, 0.2) is 6.10 Å². The first kappa shape index (κ1) is 8.97. The quantitative estimate of drug-likeness (QED) is 0.506. The van der Waals surface area contributed by atoms with Gasteiger partial charge in [-0.2, -0.15) is 0 Å². The SMILES string of the molecule is NC=CCCC(O)C(=O)O. The summed E-state index contributed by atoms with van der Waals surface area (Å²) in [6.45, 7) is 0. The molecule has 0 aliphatic carbocycles. The number of carboxylic acids is 1. The van der Waals surface area contributed by atoms with E-state index in [9.17, 15) is 4.79 Å². The Bertz CT molecular complexity index is 133. The summed E-state index contributed by atoms with van der Waals surface area (Å²) in [5.74, 6) is -1.19. The summed E-state index contributed by atoms with van der Waals surface area (Å²) in [6.07, 6.45) is 2.37. The summed E-state index contributed by atoms with van der Waals surface area (Å²) in [5.41, 5.74) is 4.98. The second kappa shape index (κ2) is 4.81. The Kier molecular flexibility index (Phi) is 4.32. The maximum atomic E-state index is 9.99. The first-order chi connectivity index (χ1) is 4.68. The molecule has 0 aromatic carbocycles. The van der Waals surface area contributed by atoms with Crippen molar-refractivity contribution in [1.82, 2.24) is 0 Å². The van der Waals surface area contributed by atoms with E-state index in [-0.39, 0.29) is 6.42 Å². The molecule has 4 nitrogen and oxygen atoms in total. The fraction of sp³-hybridized carbons (Fsp3) is 0.500. The van der Waals surface area contributed by atoms with E-state index >= 15 is 0 Å². The normalized spacial score (nSPS) is 13.7. The van der Waals surface area contributed by atoms with Crippen LogP contribution in [0, 0.1) is 0 Å². The number of aliphatic hydroxyl groups is 1. The molecule has 0 aliphatic heterocycles. The molecule has 0 aromatic rings. The molecule has 10 heavy (non-hydrogen) atoms. The predicted molar refractivity (Wildman–Crippen MR) is 36.2 cm³/mol. The molecule has 0 rings (SSSR count). The zero-order chi connectivity index (χ0) is 7.98. The van der Waals surface area contributed by atoms with E-state index < -0.39 is 12.1 Å². The maximum absolute atomic E-state index is 9.99. The Morgan fingerprint density at radius 3 is 2.70 bits per heavy atom. The van der Waals surface area contributed by atoms with Crippen LogP contribution < -0.4 is 5.73 Å². The van der Waals surface area contributed by atoms with Crippen LogP contribution in [0.4, 0.5) is 0 Å². The minimum atomic E-state index is -1.27. The highest BCUT2D eigenvalue weighted by molar-refractivity contribution is 5.71. The van der Waals surface area contributed by atoms with Gasteiger partial charge in [-0.3, -0.25) is 0 Å². The number of carboxylic acid groups (broad SMARTS) is 1. The van der Waals surface area contributed by atoms with Crippen LogP contribution >= 0.6 is 0 Å². The summed E-state index contributed by atoms with van der Waals surface area (Å²) in [4.78, 5) is 9.99. The van der Waals surface area contributed by atoms with Crippen molar-refractivity contribution in [2.24, 2.45) is 5.73 Å². The van der Waals surface area contributed by atoms with Crippen molar-refractivity contribution >= 4 is 5.97 Å². The van der Waals surface area contributed by atoms with Gasteiger partial charge in [0.1, 0.15) is 0 Å². The summed E-state index contributed by atoms with van der Waals surface area (Å²) < 4.78 is 0. The Balaban J connectivity index is 3.39. The molecule has 0 saturated carbocycles. The lowest BCUT2D eigenvalue weighted by Gasteiger charge is -2.00. The number of hydrogen-bond acceptors (Lipinski definition) is 3. The third-order valence-corrected chi connectivity index (χ3v) is 1.03. The van der Waals surface area contributed by atoms with Crippen molar-refractivity contribution < 1.29 is 15.0 Å². The van der Waals surface area contributed by atoms with Crippen molar-refractivity contribution in [3.63, 3.8) is 0 Å². The minimum absolute atomic E-state index is 0.211. The number of rotatable bonds is 4. The molecule has 4 N–H and O–H groups in total. The van der Waals surface area contributed by atoms with Crippen molar-refractivity contribution in [1.29, 1.82) is 0 Å². The molecular formula is C6H11NO3. The molecule has 0 aliphatic rings. The minimum Gasteiger partial charge on any atom is -0.479 e. The Morgan fingerprint density at radius 2 is 2.30 bits per heavy atom. The van der Waals surface area contributed by atoms with Crippen molar-refractivity contribution in [3.8, 4) is 0 Å². The molecule has 0 spiro atoms. The fourth-order valence-electron chi connectivity index (χ4n) is 0.474. The van der Waals surface area contributed by atoms with Gasteiger partial charge in [-0.1, -0.05) is 6.08 Å². The van der Waals surface area contributed by atoms with Gasteiger partial charge >= 0.3 is 5.97 Å². The van der Waals surface area contributed by atoms with Gasteiger partial charge in [0.2, 0.25) is 0 Å². The zero-order valence-corrected chi connectivity index (χ0v) is 5.53. The topological polar surface area (TPSA) is 83.5 Å². The number of hydrogen-bond donors (Lipinski definition) is 3. The Labute approximate surface area is 59.0 Å². The lowest BCUT2D eigenvalue weighted by molar-refractivity contribution is -0.146. The summed E-state index contributed by atoms with van der Waals surface area (Å²) in [5, 5.41) is 16.9. The molecule has 0 heterocycles. The van der Waals surface area contributed by atoms with Crippen LogP contribution in [0.3, 0.4) is 0 Å². The third-order valence-electron chi connectivity index (χ3n) is 1.03. The van der Waals surface area contributed by atoms with Crippen LogP contribution in [0.2, 0.25) is 0 Å². The molecule has 0 radical (unpaired) electrons. The Morgan fingerprint density at radius 1 is 1.70 bits per heavy atom. The molecule has 4 heteroatoms. The predicted octanol–water partition coefficient (Wildman–Crippen LogP) is -0.315. The average molecular weight is 145 g/mol. The lowest BCUT2D eigenvalue weighted by Crippen LogP contribution is -2.18. The number of aliphatic hydroxyl groups excluding tert-OH is 1. The van der Waals surface area contributed by atoms with E-state index in [4.69, 9.17) is 15.9 Å².